The SMILES string of the molecule is CC/C=C\C/C=C\C/C=C\C/C=C\CCCCCCC(=O)OC(COC(=O)CCCCCCC/C=C\C/C=C\C/C=C\CC)COP(=O)(O)OCC(CO)OC(=O)CCCCCCCCC/C=C\CCCCCCCC. The molecule has 0 radical (unpaired) electrons. The van der Waals surface area contributed by atoms with Crippen LogP contribution in [0.5, 0.6) is 0 Å². The van der Waals surface area contributed by atoms with Gasteiger partial charge in [-0.3, -0.25) is 23.4 Å². The molecule has 0 aliphatic heterocycles. The maximum atomic E-state index is 12.9. The van der Waals surface area contributed by atoms with Gasteiger partial charge in [-0.25, -0.2) is 4.57 Å². The predicted octanol–water partition coefficient (Wildman–Crippen LogP) is 18.0. The quantitative estimate of drug-likeness (QED) is 0.0197. The summed E-state index contributed by atoms with van der Waals surface area (Å²) < 4.78 is 39.6. The molecule has 0 saturated heterocycles. The molecule has 0 aromatic carbocycles. The van der Waals surface area contributed by atoms with E-state index in [9.17, 15) is 28.9 Å². The van der Waals surface area contributed by atoms with E-state index in [1.54, 1.807) is 0 Å². The van der Waals surface area contributed by atoms with Crippen LogP contribution in [-0.4, -0.2) is 66.5 Å². The van der Waals surface area contributed by atoms with E-state index >= 15 is 0 Å². The summed E-state index contributed by atoms with van der Waals surface area (Å²) in [6.45, 7) is 4.37. The van der Waals surface area contributed by atoms with Crippen molar-refractivity contribution in [3.05, 3.63) is 97.2 Å². The van der Waals surface area contributed by atoms with E-state index < -0.39 is 57.8 Å². The van der Waals surface area contributed by atoms with E-state index in [1.165, 1.54) is 64.2 Å². The summed E-state index contributed by atoms with van der Waals surface area (Å²) in [4.78, 5) is 48.6. The second-order valence-electron chi connectivity index (χ2n) is 19.7. The van der Waals surface area contributed by atoms with E-state index in [-0.39, 0.29) is 25.9 Å². The van der Waals surface area contributed by atoms with Gasteiger partial charge in [0.05, 0.1) is 19.8 Å². The van der Waals surface area contributed by atoms with Crippen LogP contribution < -0.4 is 0 Å². The van der Waals surface area contributed by atoms with Crippen molar-refractivity contribution < 1.29 is 52.2 Å². The van der Waals surface area contributed by atoms with Crippen molar-refractivity contribution in [3.8, 4) is 0 Å². The summed E-state index contributed by atoms with van der Waals surface area (Å²) in [6.07, 6.45) is 67.9. The predicted molar refractivity (Wildman–Crippen MR) is 316 cm³/mol. The first kappa shape index (κ1) is 72.4. The molecule has 0 spiro atoms. The van der Waals surface area contributed by atoms with Gasteiger partial charge in [-0.2, -0.15) is 0 Å². The summed E-state index contributed by atoms with van der Waals surface area (Å²) in [7, 11) is -4.77. The minimum absolute atomic E-state index is 0.131. The van der Waals surface area contributed by atoms with E-state index in [2.05, 4.69) is 118 Å². The van der Waals surface area contributed by atoms with Crippen LogP contribution >= 0.6 is 7.82 Å². The fraction of sp³-hybridized carbons (Fsp3) is 0.703. The number of hydrogen-bond donors (Lipinski definition) is 2. The van der Waals surface area contributed by atoms with Crippen LogP contribution in [-0.2, 0) is 42.2 Å². The fourth-order valence-corrected chi connectivity index (χ4v) is 8.73. The molecular weight excluding hydrogens is 976 g/mol. The summed E-state index contributed by atoms with van der Waals surface area (Å²) >= 11 is 0. The van der Waals surface area contributed by atoms with Gasteiger partial charge in [0.2, 0.25) is 0 Å². The van der Waals surface area contributed by atoms with Crippen molar-refractivity contribution in [1.29, 1.82) is 0 Å². The largest absolute Gasteiger partial charge is 0.472 e. The molecule has 12 heteroatoms. The molecule has 0 aliphatic rings. The number of carbonyl (C=O) groups excluding carboxylic acids is 3. The summed E-state index contributed by atoms with van der Waals surface area (Å²) in [6, 6.07) is 0. The minimum atomic E-state index is -4.77. The highest BCUT2D eigenvalue weighted by Crippen LogP contribution is 2.43. The molecule has 76 heavy (non-hydrogen) atoms. The van der Waals surface area contributed by atoms with Gasteiger partial charge in [-0.15, -0.1) is 0 Å². The van der Waals surface area contributed by atoms with Gasteiger partial charge >= 0.3 is 25.7 Å². The Kier molecular flexibility index (Phi) is 54.8. The van der Waals surface area contributed by atoms with Gasteiger partial charge in [0.25, 0.3) is 0 Å². The van der Waals surface area contributed by atoms with E-state index in [0.29, 0.717) is 19.3 Å². The summed E-state index contributed by atoms with van der Waals surface area (Å²) in [5.74, 6) is -1.52. The Morgan fingerprint density at radius 2 is 0.684 bits per heavy atom. The first-order chi connectivity index (χ1) is 37.2. The maximum Gasteiger partial charge on any atom is 0.472 e. The molecule has 0 aliphatic carbocycles. The topological polar surface area (TPSA) is 155 Å². The average molecular weight is 1090 g/mol. The maximum absolute atomic E-state index is 12.9. The number of ether oxygens (including phenoxy) is 3. The molecule has 0 amide bonds. The van der Waals surface area contributed by atoms with Crippen LogP contribution in [0.25, 0.3) is 0 Å². The Labute approximate surface area is 463 Å². The van der Waals surface area contributed by atoms with Gasteiger partial charge in [-0.1, -0.05) is 214 Å². The smallest absolute Gasteiger partial charge is 0.462 e. The molecule has 0 rings (SSSR count). The number of aliphatic hydroxyl groups excluding tert-OH is 1. The third-order valence-electron chi connectivity index (χ3n) is 12.5. The van der Waals surface area contributed by atoms with Crippen LogP contribution in [0.15, 0.2) is 97.2 Å². The van der Waals surface area contributed by atoms with Crippen LogP contribution in [0.3, 0.4) is 0 Å². The van der Waals surface area contributed by atoms with Crippen molar-refractivity contribution in [2.24, 2.45) is 0 Å². The fourth-order valence-electron chi connectivity index (χ4n) is 7.94. The standard InChI is InChI=1S/C64H109O11P/c1-4-7-10-13-16-19-22-25-28-30-33-36-39-42-45-48-51-54-63(67)74-60(56-65)58-72-76(69,70)73-59-61(57-71-62(66)53-50-47-44-41-38-35-32-27-24-21-18-15-12-9-6-3)75-64(68)55-52-49-46-43-40-37-34-31-29-26-23-20-17-14-11-8-5-2/h8-9,11-12,17-18,20-21,25-29,32,34,37,60-61,65H,4-7,10,13-16,19,22-24,30-31,33,35-36,38-59H2,1-3H3,(H,69,70)/b11-8-,12-9-,20-17-,21-18-,28-25-,29-26-,32-27-,37-34-. The molecule has 0 bridgehead atoms. The third kappa shape index (κ3) is 55.2. The monoisotopic (exact) mass is 1080 g/mol. The number of hydrogen-bond acceptors (Lipinski definition) is 10. The second-order valence-corrected chi connectivity index (χ2v) is 21.2. The number of rotatable bonds is 55. The molecule has 0 fully saturated rings. The number of phosphoric acid groups is 1. The zero-order chi connectivity index (χ0) is 55.5. The number of esters is 3. The lowest BCUT2D eigenvalue weighted by molar-refractivity contribution is -0.161. The Hall–Kier alpha value is -3.60. The van der Waals surface area contributed by atoms with Gasteiger partial charge in [0.15, 0.2) is 6.10 Å². The Bertz CT molecular complexity index is 1640. The van der Waals surface area contributed by atoms with Gasteiger partial charge < -0.3 is 24.2 Å². The molecule has 0 aromatic rings. The second kappa shape index (κ2) is 57.6. The lowest BCUT2D eigenvalue weighted by atomic mass is 10.1. The van der Waals surface area contributed by atoms with E-state index in [4.69, 9.17) is 23.3 Å². The summed E-state index contributed by atoms with van der Waals surface area (Å²) in [5.41, 5.74) is 0. The zero-order valence-corrected chi connectivity index (χ0v) is 49.1. The van der Waals surface area contributed by atoms with Crippen LogP contribution in [0.4, 0.5) is 0 Å². The molecule has 0 saturated carbocycles. The number of unbranched alkanes of at least 4 members (excludes halogenated alkanes) is 22. The lowest BCUT2D eigenvalue weighted by Gasteiger charge is -2.21. The first-order valence-electron chi connectivity index (χ1n) is 30.1. The van der Waals surface area contributed by atoms with Crippen molar-refractivity contribution in [3.63, 3.8) is 0 Å². The van der Waals surface area contributed by atoms with Gasteiger partial charge in [0, 0.05) is 19.3 Å². The number of carbonyl (C=O) groups is 3. The Balaban J connectivity index is 4.76. The highest BCUT2D eigenvalue weighted by Gasteiger charge is 2.28. The van der Waals surface area contributed by atoms with Crippen LogP contribution in [0.1, 0.15) is 252 Å². The normalized spacial score (nSPS) is 14.0. The summed E-state index contributed by atoms with van der Waals surface area (Å²) in [5, 5.41) is 9.84. The molecule has 436 valence electrons. The van der Waals surface area contributed by atoms with Crippen molar-refractivity contribution in [1.82, 2.24) is 0 Å². The first-order valence-corrected chi connectivity index (χ1v) is 31.6. The van der Waals surface area contributed by atoms with E-state index in [1.807, 2.05) is 0 Å². The van der Waals surface area contributed by atoms with Crippen molar-refractivity contribution in [2.75, 3.05) is 26.4 Å². The number of phosphoric ester groups is 1. The average Bonchev–Trinajstić information content (AvgIpc) is 3.41. The molecule has 0 aromatic heterocycles. The van der Waals surface area contributed by atoms with Crippen molar-refractivity contribution in [2.45, 2.75) is 264 Å². The number of allylic oxidation sites excluding steroid dienone is 16. The lowest BCUT2D eigenvalue weighted by Crippen LogP contribution is -2.30. The highest BCUT2D eigenvalue weighted by atomic mass is 31.2. The molecular formula is C64H109O11P. The Morgan fingerprint density at radius 1 is 0.382 bits per heavy atom. The highest BCUT2D eigenvalue weighted by molar-refractivity contribution is 7.47. The molecule has 3 atom stereocenters. The molecule has 3 unspecified atom stereocenters. The minimum Gasteiger partial charge on any atom is -0.462 e. The Morgan fingerprint density at radius 3 is 1.07 bits per heavy atom. The zero-order valence-electron chi connectivity index (χ0n) is 48.2. The van der Waals surface area contributed by atoms with Crippen LogP contribution in [0.2, 0.25) is 0 Å². The van der Waals surface area contributed by atoms with Crippen LogP contribution in [0, 0.1) is 0 Å². The third-order valence-corrected chi connectivity index (χ3v) is 13.4. The van der Waals surface area contributed by atoms with Crippen molar-refractivity contribution >= 4 is 25.7 Å². The van der Waals surface area contributed by atoms with Gasteiger partial charge in [0.1, 0.15) is 12.7 Å². The van der Waals surface area contributed by atoms with E-state index in [0.717, 1.165) is 128 Å². The van der Waals surface area contributed by atoms with Gasteiger partial charge in [-0.05, 0) is 116 Å². The molecule has 0 heterocycles. The number of aliphatic hydroxyl groups is 1. The molecule has 2 N–H and O–H groups in total. The molecule has 11 nitrogen and oxygen atoms in total.